The van der Waals surface area contributed by atoms with Gasteiger partial charge in [0.25, 0.3) is 6.43 Å². The molecular formula is C10H14F2N2O. The first kappa shape index (κ1) is 11.6. The minimum absolute atomic E-state index is 0.327. The molecule has 0 saturated carbocycles. The van der Waals surface area contributed by atoms with E-state index in [4.69, 9.17) is 10.5 Å². The molecule has 3 nitrogen and oxygen atoms in total. The molecule has 0 amide bonds. The highest BCUT2D eigenvalue weighted by Crippen LogP contribution is 2.24. The first-order chi connectivity index (χ1) is 7.02. The van der Waals surface area contributed by atoms with Crippen molar-refractivity contribution in [2.45, 2.75) is 6.43 Å². The Morgan fingerprint density at radius 2 is 2.07 bits per heavy atom. The summed E-state index contributed by atoms with van der Waals surface area (Å²) in [7, 11) is 3.09. The summed E-state index contributed by atoms with van der Waals surface area (Å²) in [6.07, 6.45) is -2.37. The summed E-state index contributed by atoms with van der Waals surface area (Å²) in [5.74, 6) is 0.561. The molecule has 0 bridgehead atoms. The zero-order chi connectivity index (χ0) is 11.4. The van der Waals surface area contributed by atoms with Crippen LogP contribution in [0.3, 0.4) is 0 Å². The van der Waals surface area contributed by atoms with Gasteiger partial charge in [-0.15, -0.1) is 0 Å². The number of ether oxygens (including phenoxy) is 1. The fraction of sp³-hybridized carbons (Fsp3) is 0.400. The zero-order valence-corrected chi connectivity index (χ0v) is 8.71. The van der Waals surface area contributed by atoms with Gasteiger partial charge in [-0.05, 0) is 6.07 Å². The number of hydrogen-bond acceptors (Lipinski definition) is 3. The molecule has 0 aliphatic carbocycles. The third-order valence-electron chi connectivity index (χ3n) is 2.00. The maximum absolute atomic E-state index is 12.1. The summed E-state index contributed by atoms with van der Waals surface area (Å²) in [6.45, 7) is -0.327. The molecule has 15 heavy (non-hydrogen) atoms. The van der Waals surface area contributed by atoms with E-state index in [1.165, 1.54) is 12.0 Å². The lowest BCUT2D eigenvalue weighted by Gasteiger charge is -2.19. The molecule has 0 heterocycles. The van der Waals surface area contributed by atoms with Crippen molar-refractivity contribution in [3.8, 4) is 5.75 Å². The average molecular weight is 216 g/mol. The largest absolute Gasteiger partial charge is 0.497 e. The molecular weight excluding hydrogens is 202 g/mol. The maximum Gasteiger partial charge on any atom is 0.255 e. The molecule has 2 N–H and O–H groups in total. The minimum Gasteiger partial charge on any atom is -0.497 e. The Balaban J connectivity index is 2.88. The predicted octanol–water partition coefficient (Wildman–Crippen LogP) is 1.98. The lowest BCUT2D eigenvalue weighted by molar-refractivity contribution is 0.156. The van der Waals surface area contributed by atoms with Gasteiger partial charge in [-0.2, -0.15) is 0 Å². The smallest absolute Gasteiger partial charge is 0.255 e. The third-order valence-corrected chi connectivity index (χ3v) is 2.00. The number of hydrogen-bond donors (Lipinski definition) is 1. The van der Waals surface area contributed by atoms with Crippen LogP contribution >= 0.6 is 0 Å². The molecule has 5 heteroatoms. The van der Waals surface area contributed by atoms with Gasteiger partial charge in [0.05, 0.1) is 13.7 Å². The summed E-state index contributed by atoms with van der Waals surface area (Å²) < 4.78 is 29.3. The molecule has 0 atom stereocenters. The number of halogens is 2. The van der Waals surface area contributed by atoms with Crippen LogP contribution in [-0.2, 0) is 0 Å². The molecule has 0 spiro atoms. The van der Waals surface area contributed by atoms with Crippen LogP contribution in [0, 0.1) is 0 Å². The molecule has 0 unspecified atom stereocenters. The van der Waals surface area contributed by atoms with E-state index in [-0.39, 0.29) is 6.54 Å². The van der Waals surface area contributed by atoms with Crippen LogP contribution in [0.25, 0.3) is 0 Å². The van der Waals surface area contributed by atoms with Gasteiger partial charge in [0, 0.05) is 30.6 Å². The normalized spacial score (nSPS) is 10.5. The van der Waals surface area contributed by atoms with Crippen molar-refractivity contribution in [2.24, 2.45) is 0 Å². The molecule has 0 aliphatic heterocycles. The Kier molecular flexibility index (Phi) is 3.71. The van der Waals surface area contributed by atoms with Crippen molar-refractivity contribution in [1.29, 1.82) is 0 Å². The number of benzene rings is 1. The summed E-state index contributed by atoms with van der Waals surface area (Å²) in [5, 5.41) is 0. The molecule has 0 saturated heterocycles. The van der Waals surface area contributed by atoms with Gasteiger partial charge in [0.1, 0.15) is 5.75 Å². The standard InChI is InChI=1S/C10H14F2N2O/c1-14(6-10(11)12)8-3-7(13)4-9(5-8)15-2/h3-5,10H,6,13H2,1-2H3. The second-order valence-corrected chi connectivity index (χ2v) is 3.24. The summed E-state index contributed by atoms with van der Waals surface area (Å²) in [4.78, 5) is 1.43. The van der Waals surface area contributed by atoms with Gasteiger partial charge in [-0.3, -0.25) is 0 Å². The van der Waals surface area contributed by atoms with Gasteiger partial charge in [-0.25, -0.2) is 8.78 Å². The van der Waals surface area contributed by atoms with E-state index in [2.05, 4.69) is 0 Å². The first-order valence-electron chi connectivity index (χ1n) is 4.46. The Hall–Kier alpha value is -1.52. The summed E-state index contributed by atoms with van der Waals surface area (Å²) >= 11 is 0. The van der Waals surface area contributed by atoms with Crippen LogP contribution in [-0.4, -0.2) is 27.1 Å². The van der Waals surface area contributed by atoms with Gasteiger partial charge in [0.15, 0.2) is 0 Å². The van der Waals surface area contributed by atoms with Crippen LogP contribution in [0.15, 0.2) is 18.2 Å². The SMILES string of the molecule is COc1cc(N)cc(N(C)CC(F)F)c1. The number of methoxy groups -OCH3 is 1. The van der Waals surface area contributed by atoms with Gasteiger partial charge < -0.3 is 15.4 Å². The Morgan fingerprint density at radius 1 is 1.40 bits per heavy atom. The number of anilines is 2. The second kappa shape index (κ2) is 4.82. The van der Waals surface area contributed by atoms with Gasteiger partial charge in [-0.1, -0.05) is 0 Å². The van der Waals surface area contributed by atoms with Crippen molar-refractivity contribution in [3.05, 3.63) is 18.2 Å². The van der Waals surface area contributed by atoms with Crippen molar-refractivity contribution in [2.75, 3.05) is 31.3 Å². The van der Waals surface area contributed by atoms with E-state index in [0.717, 1.165) is 0 Å². The predicted molar refractivity (Wildman–Crippen MR) is 56.7 cm³/mol. The highest BCUT2D eigenvalue weighted by atomic mass is 19.3. The second-order valence-electron chi connectivity index (χ2n) is 3.24. The van der Waals surface area contributed by atoms with Crippen molar-refractivity contribution in [1.82, 2.24) is 0 Å². The molecule has 0 radical (unpaired) electrons. The number of nitrogens with two attached hydrogens (primary N) is 1. The zero-order valence-electron chi connectivity index (χ0n) is 8.71. The fourth-order valence-corrected chi connectivity index (χ4v) is 1.26. The molecule has 0 fully saturated rings. The first-order valence-corrected chi connectivity index (χ1v) is 4.46. The number of nitrogen functional groups attached to an aromatic ring is 1. The van der Waals surface area contributed by atoms with Crippen LogP contribution in [0.1, 0.15) is 0 Å². The van der Waals surface area contributed by atoms with Crippen LogP contribution in [0.4, 0.5) is 20.2 Å². The Morgan fingerprint density at radius 3 is 2.60 bits per heavy atom. The number of rotatable bonds is 4. The number of alkyl halides is 2. The van der Waals surface area contributed by atoms with Gasteiger partial charge >= 0.3 is 0 Å². The van der Waals surface area contributed by atoms with E-state index in [9.17, 15) is 8.78 Å². The highest BCUT2D eigenvalue weighted by Gasteiger charge is 2.09. The van der Waals surface area contributed by atoms with E-state index >= 15 is 0 Å². The van der Waals surface area contributed by atoms with Crippen LogP contribution in [0.2, 0.25) is 0 Å². The van der Waals surface area contributed by atoms with E-state index in [1.807, 2.05) is 0 Å². The minimum atomic E-state index is -2.37. The topological polar surface area (TPSA) is 38.5 Å². The number of nitrogens with zero attached hydrogens (tertiary/aromatic N) is 1. The van der Waals surface area contributed by atoms with E-state index < -0.39 is 6.43 Å². The quantitative estimate of drug-likeness (QED) is 0.782. The Labute approximate surface area is 87.4 Å². The van der Waals surface area contributed by atoms with Crippen molar-refractivity contribution < 1.29 is 13.5 Å². The van der Waals surface area contributed by atoms with Crippen LogP contribution < -0.4 is 15.4 Å². The fourth-order valence-electron chi connectivity index (χ4n) is 1.26. The molecule has 1 aromatic carbocycles. The lowest BCUT2D eigenvalue weighted by atomic mass is 10.2. The van der Waals surface area contributed by atoms with E-state index in [0.29, 0.717) is 17.1 Å². The molecule has 1 aromatic rings. The maximum atomic E-state index is 12.1. The van der Waals surface area contributed by atoms with Gasteiger partial charge in [0.2, 0.25) is 0 Å². The summed E-state index contributed by atoms with van der Waals surface area (Å²) in [5.41, 5.74) is 6.72. The lowest BCUT2D eigenvalue weighted by Crippen LogP contribution is -2.24. The molecule has 84 valence electrons. The average Bonchev–Trinajstić information content (AvgIpc) is 2.15. The monoisotopic (exact) mass is 216 g/mol. The van der Waals surface area contributed by atoms with Crippen molar-refractivity contribution >= 4 is 11.4 Å². The highest BCUT2D eigenvalue weighted by molar-refractivity contribution is 5.60. The molecule has 0 aromatic heterocycles. The van der Waals surface area contributed by atoms with Crippen molar-refractivity contribution in [3.63, 3.8) is 0 Å². The third kappa shape index (κ3) is 3.27. The van der Waals surface area contributed by atoms with Crippen LogP contribution in [0.5, 0.6) is 5.75 Å². The molecule has 0 aliphatic rings. The molecule has 1 rings (SSSR count). The van der Waals surface area contributed by atoms with E-state index in [1.54, 1.807) is 25.2 Å². The summed E-state index contributed by atoms with van der Waals surface area (Å²) in [6, 6.07) is 4.93. The Bertz CT molecular complexity index is 331.